The molecule has 4 rings (SSSR count). The van der Waals surface area contributed by atoms with Gasteiger partial charge in [0.05, 0.1) is 6.57 Å². The van der Waals surface area contributed by atoms with Gasteiger partial charge in [-0.05, 0) is 35.4 Å². The molecule has 5 nitrogen and oxygen atoms in total. The number of hydrogen-bond acceptors (Lipinski definition) is 3. The summed E-state index contributed by atoms with van der Waals surface area (Å²) >= 11 is 0. The Kier molecular flexibility index (Phi) is 4.77. The van der Waals surface area contributed by atoms with Crippen LogP contribution in [0.2, 0.25) is 0 Å². The molecule has 1 aliphatic rings. The maximum absolute atomic E-state index is 12.3. The first kappa shape index (κ1) is 17.4. The van der Waals surface area contributed by atoms with E-state index in [-0.39, 0.29) is 12.7 Å². The van der Waals surface area contributed by atoms with E-state index in [0.29, 0.717) is 16.9 Å². The van der Waals surface area contributed by atoms with E-state index >= 15 is 0 Å². The monoisotopic (exact) mass is 368 g/mol. The van der Waals surface area contributed by atoms with Crippen LogP contribution in [0.15, 0.2) is 66.7 Å². The molecule has 0 saturated heterocycles. The molecule has 0 unspecified atom stereocenters. The summed E-state index contributed by atoms with van der Waals surface area (Å²) in [5.41, 5.74) is 3.76. The Labute approximate surface area is 162 Å². The van der Waals surface area contributed by atoms with E-state index in [0.717, 1.165) is 22.6 Å². The molecule has 3 aromatic rings. The van der Waals surface area contributed by atoms with E-state index in [1.807, 2.05) is 54.6 Å². The van der Waals surface area contributed by atoms with Gasteiger partial charge in [0.15, 0.2) is 17.2 Å². The normalized spacial score (nSPS) is 12.0. The summed E-state index contributed by atoms with van der Waals surface area (Å²) in [7, 11) is 0. The molecule has 1 heterocycles. The Morgan fingerprint density at radius 3 is 2.32 bits per heavy atom. The molecule has 0 radical (unpaired) electrons. The first-order valence-corrected chi connectivity index (χ1v) is 8.68. The zero-order chi connectivity index (χ0) is 19.3. The fourth-order valence-corrected chi connectivity index (χ4v) is 2.78. The number of nitrogens with zero attached hydrogens (tertiary/aromatic N) is 1. The average molecular weight is 368 g/mol. The minimum atomic E-state index is -0.208. The van der Waals surface area contributed by atoms with Crippen molar-refractivity contribution in [2.45, 2.75) is 0 Å². The highest BCUT2D eigenvalue weighted by Crippen LogP contribution is 2.33. The molecule has 5 heteroatoms. The number of carbonyl (C=O) groups excluding carboxylic acids is 1. The lowest BCUT2D eigenvalue weighted by Gasteiger charge is -2.06. The molecule has 3 aromatic carbocycles. The van der Waals surface area contributed by atoms with Gasteiger partial charge in [0.25, 0.3) is 5.91 Å². The minimum Gasteiger partial charge on any atom is -0.454 e. The molecule has 1 aliphatic heterocycles. The zero-order valence-electron chi connectivity index (χ0n) is 14.9. The molecular formula is C23H16N2O3. The standard InChI is InChI=1S/C23H16N2O3/c1-24-19-11-7-18(8-12-19)23(26)25-20-9-4-16(5-10-20)2-3-17-6-13-21-22(14-17)28-15-27-21/h2-14H,15H2,(H,25,26)/b3-2+. The third kappa shape index (κ3) is 3.87. The minimum absolute atomic E-state index is 0.208. The third-order valence-electron chi connectivity index (χ3n) is 4.29. The molecule has 0 spiro atoms. The predicted molar refractivity (Wildman–Crippen MR) is 109 cm³/mol. The van der Waals surface area contributed by atoms with E-state index in [1.165, 1.54) is 0 Å². The summed E-state index contributed by atoms with van der Waals surface area (Å²) in [5, 5.41) is 2.85. The van der Waals surface area contributed by atoms with Crippen LogP contribution in [0.5, 0.6) is 11.5 Å². The summed E-state index contributed by atoms with van der Waals surface area (Å²) in [5.74, 6) is 1.31. The number of anilines is 1. The smallest absolute Gasteiger partial charge is 0.255 e. The first-order valence-electron chi connectivity index (χ1n) is 8.68. The van der Waals surface area contributed by atoms with Crippen molar-refractivity contribution in [2.24, 2.45) is 0 Å². The quantitative estimate of drug-likeness (QED) is 0.496. The van der Waals surface area contributed by atoms with Crippen molar-refractivity contribution in [1.29, 1.82) is 0 Å². The van der Waals surface area contributed by atoms with Gasteiger partial charge in [-0.3, -0.25) is 4.79 Å². The van der Waals surface area contributed by atoms with Gasteiger partial charge < -0.3 is 14.8 Å². The van der Waals surface area contributed by atoms with Crippen LogP contribution < -0.4 is 14.8 Å². The summed E-state index contributed by atoms with van der Waals surface area (Å²) in [6.07, 6.45) is 3.99. The number of benzene rings is 3. The second-order valence-corrected chi connectivity index (χ2v) is 6.18. The predicted octanol–water partition coefficient (Wildman–Crippen LogP) is 5.39. The van der Waals surface area contributed by atoms with Gasteiger partial charge in [-0.25, -0.2) is 4.85 Å². The van der Waals surface area contributed by atoms with Gasteiger partial charge in [0, 0.05) is 11.3 Å². The van der Waals surface area contributed by atoms with Crippen LogP contribution in [0.3, 0.4) is 0 Å². The molecule has 0 fully saturated rings. The highest BCUT2D eigenvalue weighted by molar-refractivity contribution is 6.04. The van der Waals surface area contributed by atoms with Crippen molar-refractivity contribution in [2.75, 3.05) is 12.1 Å². The summed E-state index contributed by atoms with van der Waals surface area (Å²) < 4.78 is 10.7. The summed E-state index contributed by atoms with van der Waals surface area (Å²) in [6, 6.07) is 19.9. The average Bonchev–Trinajstić information content (AvgIpc) is 3.21. The van der Waals surface area contributed by atoms with Crippen LogP contribution in [0, 0.1) is 6.57 Å². The zero-order valence-corrected chi connectivity index (χ0v) is 14.9. The van der Waals surface area contributed by atoms with E-state index in [2.05, 4.69) is 10.2 Å². The molecule has 1 N–H and O–H groups in total. The van der Waals surface area contributed by atoms with Crippen molar-refractivity contribution < 1.29 is 14.3 Å². The topological polar surface area (TPSA) is 51.9 Å². The van der Waals surface area contributed by atoms with Crippen molar-refractivity contribution in [3.63, 3.8) is 0 Å². The molecule has 0 bridgehead atoms. The lowest BCUT2D eigenvalue weighted by molar-refractivity contribution is 0.102. The van der Waals surface area contributed by atoms with Gasteiger partial charge in [0.1, 0.15) is 0 Å². The highest BCUT2D eigenvalue weighted by Gasteiger charge is 2.12. The Morgan fingerprint density at radius 2 is 1.57 bits per heavy atom. The fourth-order valence-electron chi connectivity index (χ4n) is 2.78. The molecule has 28 heavy (non-hydrogen) atoms. The van der Waals surface area contributed by atoms with E-state index in [4.69, 9.17) is 16.0 Å². The van der Waals surface area contributed by atoms with Gasteiger partial charge in [-0.1, -0.05) is 54.6 Å². The molecule has 0 atom stereocenters. The number of nitrogens with one attached hydrogen (secondary N) is 1. The van der Waals surface area contributed by atoms with Crippen LogP contribution >= 0.6 is 0 Å². The van der Waals surface area contributed by atoms with Crippen molar-refractivity contribution in [3.8, 4) is 11.5 Å². The summed E-state index contributed by atoms with van der Waals surface area (Å²) in [4.78, 5) is 15.6. The number of amides is 1. The Bertz CT molecular complexity index is 1080. The van der Waals surface area contributed by atoms with Crippen LogP contribution in [-0.4, -0.2) is 12.7 Å². The molecule has 0 aliphatic carbocycles. The third-order valence-corrected chi connectivity index (χ3v) is 4.29. The largest absolute Gasteiger partial charge is 0.454 e. The maximum Gasteiger partial charge on any atom is 0.255 e. The van der Waals surface area contributed by atoms with Crippen molar-refractivity contribution in [3.05, 3.63) is 94.8 Å². The summed E-state index contributed by atoms with van der Waals surface area (Å²) in [6.45, 7) is 7.21. The number of carbonyl (C=O) groups is 1. The second kappa shape index (κ2) is 7.68. The van der Waals surface area contributed by atoms with Crippen molar-refractivity contribution >= 4 is 29.4 Å². The van der Waals surface area contributed by atoms with Crippen LogP contribution in [0.25, 0.3) is 17.0 Å². The first-order chi connectivity index (χ1) is 13.7. The van der Waals surface area contributed by atoms with Gasteiger partial charge >= 0.3 is 0 Å². The lowest BCUT2D eigenvalue weighted by atomic mass is 10.1. The SMILES string of the molecule is [C-]#[N+]c1ccc(C(=O)Nc2ccc(/C=C/c3ccc4c(c3)OCO4)cc2)cc1. The molecule has 1 amide bonds. The molecule has 0 aromatic heterocycles. The fraction of sp³-hybridized carbons (Fsp3) is 0.0435. The number of ether oxygens (including phenoxy) is 2. The van der Waals surface area contributed by atoms with Crippen LogP contribution in [-0.2, 0) is 0 Å². The number of hydrogen-bond donors (Lipinski definition) is 1. The maximum atomic E-state index is 12.3. The van der Waals surface area contributed by atoms with E-state index < -0.39 is 0 Å². The second-order valence-electron chi connectivity index (χ2n) is 6.18. The lowest BCUT2D eigenvalue weighted by Crippen LogP contribution is -2.11. The van der Waals surface area contributed by atoms with E-state index in [1.54, 1.807) is 24.3 Å². The molecular weight excluding hydrogens is 352 g/mol. The molecule has 136 valence electrons. The Balaban J connectivity index is 1.40. The molecule has 0 saturated carbocycles. The number of fused-ring (bicyclic) bond motifs is 1. The van der Waals surface area contributed by atoms with Crippen molar-refractivity contribution in [1.82, 2.24) is 0 Å². The highest BCUT2D eigenvalue weighted by atomic mass is 16.7. The van der Waals surface area contributed by atoms with Gasteiger partial charge in [0.2, 0.25) is 6.79 Å². The van der Waals surface area contributed by atoms with Crippen LogP contribution in [0.4, 0.5) is 11.4 Å². The Morgan fingerprint density at radius 1 is 0.893 bits per heavy atom. The van der Waals surface area contributed by atoms with Gasteiger partial charge in [-0.15, -0.1) is 0 Å². The van der Waals surface area contributed by atoms with E-state index in [9.17, 15) is 4.79 Å². The number of rotatable bonds is 4. The Hall–Kier alpha value is -4.04. The van der Waals surface area contributed by atoms with Gasteiger partial charge in [-0.2, -0.15) is 0 Å². The van der Waals surface area contributed by atoms with Crippen LogP contribution in [0.1, 0.15) is 21.5 Å².